The summed E-state index contributed by atoms with van der Waals surface area (Å²) in [7, 11) is 0. The van der Waals surface area contributed by atoms with Gasteiger partial charge in [-0.05, 0) is 60.4 Å². The van der Waals surface area contributed by atoms with Crippen LogP contribution in [0.1, 0.15) is 25.0 Å². The SMILES string of the molecule is CCc1ccc(OCC(=O)Nc2ccc(-c3nc4cc(CC)ccc4o3)c(O)c2)cc1. The summed E-state index contributed by atoms with van der Waals surface area (Å²) >= 11 is 0. The van der Waals surface area contributed by atoms with E-state index in [4.69, 9.17) is 9.15 Å². The second-order valence-corrected chi connectivity index (χ2v) is 7.24. The topological polar surface area (TPSA) is 84.6 Å². The third-order valence-corrected chi connectivity index (χ3v) is 5.07. The van der Waals surface area contributed by atoms with Crippen LogP contribution >= 0.6 is 0 Å². The Morgan fingerprint density at radius 3 is 2.45 bits per heavy atom. The molecule has 0 aliphatic heterocycles. The fourth-order valence-corrected chi connectivity index (χ4v) is 3.27. The third-order valence-electron chi connectivity index (χ3n) is 5.07. The van der Waals surface area contributed by atoms with Gasteiger partial charge >= 0.3 is 0 Å². The number of fused-ring (bicyclic) bond motifs is 1. The molecule has 31 heavy (non-hydrogen) atoms. The maximum atomic E-state index is 12.2. The second kappa shape index (κ2) is 8.92. The summed E-state index contributed by atoms with van der Waals surface area (Å²) in [5, 5.41) is 13.2. The monoisotopic (exact) mass is 416 g/mol. The molecule has 0 atom stereocenters. The summed E-state index contributed by atoms with van der Waals surface area (Å²) < 4.78 is 11.3. The normalized spacial score (nSPS) is 10.9. The Morgan fingerprint density at radius 2 is 1.74 bits per heavy atom. The summed E-state index contributed by atoms with van der Waals surface area (Å²) in [6.45, 7) is 4.03. The van der Waals surface area contributed by atoms with E-state index < -0.39 is 0 Å². The molecular formula is C25H24N2O4. The van der Waals surface area contributed by atoms with Crippen molar-refractivity contribution in [3.8, 4) is 23.0 Å². The fourth-order valence-electron chi connectivity index (χ4n) is 3.27. The Morgan fingerprint density at radius 1 is 1.00 bits per heavy atom. The molecule has 3 aromatic carbocycles. The number of nitrogens with one attached hydrogen (secondary N) is 1. The van der Waals surface area contributed by atoms with Crippen LogP contribution in [0.15, 0.2) is 65.1 Å². The minimum absolute atomic E-state index is 0.0313. The molecule has 0 saturated carbocycles. The van der Waals surface area contributed by atoms with Crippen molar-refractivity contribution in [2.75, 3.05) is 11.9 Å². The molecule has 0 radical (unpaired) electrons. The average Bonchev–Trinajstić information content (AvgIpc) is 3.21. The molecule has 1 heterocycles. The summed E-state index contributed by atoms with van der Waals surface area (Å²) in [5.41, 5.74) is 4.69. The highest BCUT2D eigenvalue weighted by Crippen LogP contribution is 2.33. The van der Waals surface area contributed by atoms with Gasteiger partial charge < -0.3 is 19.6 Å². The first-order chi connectivity index (χ1) is 15.1. The van der Waals surface area contributed by atoms with Crippen LogP contribution in [0.25, 0.3) is 22.6 Å². The van der Waals surface area contributed by atoms with Crippen LogP contribution in [0.4, 0.5) is 5.69 Å². The minimum atomic E-state index is -0.319. The number of aromatic nitrogens is 1. The van der Waals surface area contributed by atoms with Crippen LogP contribution in [-0.2, 0) is 17.6 Å². The molecule has 0 aliphatic rings. The number of amides is 1. The number of ether oxygens (including phenoxy) is 1. The molecule has 0 aliphatic carbocycles. The molecule has 0 spiro atoms. The number of phenols is 1. The molecule has 6 heteroatoms. The van der Waals surface area contributed by atoms with Crippen LogP contribution in [-0.4, -0.2) is 22.6 Å². The van der Waals surface area contributed by atoms with Gasteiger partial charge in [0.1, 0.15) is 17.0 Å². The number of hydrogen-bond donors (Lipinski definition) is 2. The summed E-state index contributed by atoms with van der Waals surface area (Å²) in [6.07, 6.45) is 1.86. The van der Waals surface area contributed by atoms with E-state index >= 15 is 0 Å². The van der Waals surface area contributed by atoms with Crippen molar-refractivity contribution in [3.63, 3.8) is 0 Å². The Balaban J connectivity index is 1.42. The number of aryl methyl sites for hydroxylation is 2. The van der Waals surface area contributed by atoms with Gasteiger partial charge in [-0.2, -0.15) is 0 Å². The van der Waals surface area contributed by atoms with Crippen LogP contribution in [0.3, 0.4) is 0 Å². The van der Waals surface area contributed by atoms with Crippen molar-refractivity contribution in [2.24, 2.45) is 0 Å². The van der Waals surface area contributed by atoms with Crippen LogP contribution in [0.2, 0.25) is 0 Å². The smallest absolute Gasteiger partial charge is 0.262 e. The molecule has 2 N–H and O–H groups in total. The van der Waals surface area contributed by atoms with E-state index in [0.717, 1.165) is 23.9 Å². The molecule has 0 fully saturated rings. The van der Waals surface area contributed by atoms with Crippen molar-refractivity contribution in [1.82, 2.24) is 4.98 Å². The number of anilines is 1. The molecule has 4 aromatic rings. The maximum Gasteiger partial charge on any atom is 0.262 e. The lowest BCUT2D eigenvalue weighted by Gasteiger charge is -2.09. The summed E-state index contributed by atoms with van der Waals surface area (Å²) in [5.74, 6) is 0.613. The van der Waals surface area contributed by atoms with Crippen molar-refractivity contribution >= 4 is 22.7 Å². The van der Waals surface area contributed by atoms with E-state index in [1.54, 1.807) is 12.1 Å². The van der Waals surface area contributed by atoms with E-state index in [2.05, 4.69) is 24.1 Å². The van der Waals surface area contributed by atoms with Crippen LogP contribution in [0, 0.1) is 0 Å². The van der Waals surface area contributed by atoms with Crippen LogP contribution < -0.4 is 10.1 Å². The number of nitrogens with zero attached hydrogens (tertiary/aromatic N) is 1. The first kappa shape index (κ1) is 20.5. The van der Waals surface area contributed by atoms with Gasteiger partial charge in [0.2, 0.25) is 5.89 Å². The predicted octanol–water partition coefficient (Wildman–Crippen LogP) is 5.34. The molecule has 0 saturated heterocycles. The number of rotatable bonds is 7. The van der Waals surface area contributed by atoms with Gasteiger partial charge in [0.05, 0.1) is 5.56 Å². The fraction of sp³-hybridized carbons (Fsp3) is 0.200. The van der Waals surface area contributed by atoms with Gasteiger partial charge in [0.15, 0.2) is 12.2 Å². The van der Waals surface area contributed by atoms with E-state index in [1.165, 1.54) is 11.6 Å². The third kappa shape index (κ3) is 4.69. The summed E-state index contributed by atoms with van der Waals surface area (Å²) in [6, 6.07) is 18.3. The number of phenolic OH excluding ortho intramolecular Hbond substituents is 1. The van der Waals surface area contributed by atoms with Gasteiger partial charge in [-0.25, -0.2) is 4.98 Å². The molecule has 0 unspecified atom stereocenters. The number of hydrogen-bond acceptors (Lipinski definition) is 5. The number of carbonyl (C=O) groups is 1. The summed E-state index contributed by atoms with van der Waals surface area (Å²) in [4.78, 5) is 16.7. The minimum Gasteiger partial charge on any atom is -0.507 e. The van der Waals surface area contributed by atoms with Gasteiger partial charge in [0.25, 0.3) is 5.91 Å². The molecular weight excluding hydrogens is 392 g/mol. The molecule has 4 rings (SSSR count). The quantitative estimate of drug-likeness (QED) is 0.425. The standard InChI is InChI=1S/C25H24N2O4/c1-3-16-5-9-19(10-6-16)30-15-24(29)26-18-8-11-20(22(28)14-18)25-27-21-13-17(4-2)7-12-23(21)31-25/h5-14,28H,3-4,15H2,1-2H3,(H,26,29). The molecule has 6 nitrogen and oxygen atoms in total. The van der Waals surface area contributed by atoms with Gasteiger partial charge in [-0.15, -0.1) is 0 Å². The zero-order valence-electron chi connectivity index (χ0n) is 17.5. The Bertz CT molecular complexity index is 1210. The van der Waals surface area contributed by atoms with E-state index in [1.807, 2.05) is 42.5 Å². The lowest BCUT2D eigenvalue weighted by molar-refractivity contribution is -0.118. The van der Waals surface area contributed by atoms with Crippen molar-refractivity contribution in [3.05, 3.63) is 71.8 Å². The van der Waals surface area contributed by atoms with E-state index in [9.17, 15) is 9.90 Å². The first-order valence-electron chi connectivity index (χ1n) is 10.3. The highest BCUT2D eigenvalue weighted by atomic mass is 16.5. The largest absolute Gasteiger partial charge is 0.507 e. The Hall–Kier alpha value is -3.80. The highest BCUT2D eigenvalue weighted by molar-refractivity contribution is 5.92. The highest BCUT2D eigenvalue weighted by Gasteiger charge is 2.14. The molecule has 1 aromatic heterocycles. The number of carbonyl (C=O) groups excluding carboxylic acids is 1. The van der Waals surface area contributed by atoms with Gasteiger partial charge in [0, 0.05) is 11.8 Å². The maximum absolute atomic E-state index is 12.2. The van der Waals surface area contributed by atoms with Crippen molar-refractivity contribution in [1.29, 1.82) is 0 Å². The lowest BCUT2D eigenvalue weighted by atomic mass is 10.1. The van der Waals surface area contributed by atoms with Crippen molar-refractivity contribution in [2.45, 2.75) is 26.7 Å². The van der Waals surface area contributed by atoms with E-state index in [0.29, 0.717) is 28.5 Å². The van der Waals surface area contributed by atoms with Crippen LogP contribution in [0.5, 0.6) is 11.5 Å². The number of oxazole rings is 1. The Labute approximate surface area is 180 Å². The lowest BCUT2D eigenvalue weighted by Crippen LogP contribution is -2.20. The molecule has 158 valence electrons. The second-order valence-electron chi connectivity index (χ2n) is 7.24. The average molecular weight is 416 g/mol. The zero-order valence-corrected chi connectivity index (χ0v) is 17.5. The zero-order chi connectivity index (χ0) is 21.8. The predicted molar refractivity (Wildman–Crippen MR) is 120 cm³/mol. The molecule has 1 amide bonds. The number of benzene rings is 3. The first-order valence-corrected chi connectivity index (χ1v) is 10.3. The number of aromatic hydroxyl groups is 1. The van der Waals surface area contributed by atoms with E-state index in [-0.39, 0.29) is 18.3 Å². The van der Waals surface area contributed by atoms with Crippen molar-refractivity contribution < 1.29 is 19.1 Å². The van der Waals surface area contributed by atoms with Gasteiger partial charge in [-0.3, -0.25) is 4.79 Å². The molecule has 0 bridgehead atoms. The van der Waals surface area contributed by atoms with Gasteiger partial charge in [-0.1, -0.05) is 32.0 Å². The Kier molecular flexibility index (Phi) is 5.89.